The topological polar surface area (TPSA) is 26.3 Å². The number of rotatable bonds is 5. The zero-order chi connectivity index (χ0) is 18.6. The molecule has 0 radical (unpaired) electrons. The van der Waals surface area contributed by atoms with E-state index in [9.17, 15) is 4.79 Å². The molecule has 134 valence electrons. The molecule has 0 aromatic heterocycles. The van der Waals surface area contributed by atoms with Crippen molar-refractivity contribution in [2.24, 2.45) is 0 Å². The predicted octanol–water partition coefficient (Wildman–Crippen LogP) is 5.95. The van der Waals surface area contributed by atoms with Crippen molar-refractivity contribution >= 4 is 27.5 Å². The number of carbonyl (C=O) groups is 1. The van der Waals surface area contributed by atoms with Crippen molar-refractivity contribution < 1.29 is 9.53 Å². The smallest absolute Gasteiger partial charge is 0.338 e. The molecule has 0 N–H and O–H groups in total. The zero-order valence-electron chi connectivity index (χ0n) is 15.4. The van der Waals surface area contributed by atoms with Gasteiger partial charge in [-0.2, -0.15) is 0 Å². The second-order valence-corrected chi connectivity index (χ2v) is 6.73. The number of aryl methyl sites for hydroxylation is 2. The van der Waals surface area contributed by atoms with Crippen molar-refractivity contribution in [1.82, 2.24) is 0 Å². The Kier molecular flexibility index (Phi) is 4.88. The molecule has 0 amide bonds. The van der Waals surface area contributed by atoms with E-state index < -0.39 is 0 Å². The van der Waals surface area contributed by atoms with Crippen LogP contribution in [-0.4, -0.2) is 12.6 Å². The summed E-state index contributed by atoms with van der Waals surface area (Å²) in [6.07, 6.45) is 1.81. The number of ether oxygens (including phenoxy) is 1. The minimum atomic E-state index is -0.256. The van der Waals surface area contributed by atoms with Gasteiger partial charge in [-0.3, -0.25) is 0 Å². The molecule has 0 aliphatic rings. The molecule has 2 nitrogen and oxygen atoms in total. The van der Waals surface area contributed by atoms with Crippen LogP contribution in [-0.2, 0) is 17.6 Å². The second kappa shape index (κ2) is 7.63. The van der Waals surface area contributed by atoms with Gasteiger partial charge in [-0.05, 0) is 64.6 Å². The Morgan fingerprint density at radius 3 is 2.37 bits per heavy atom. The van der Waals surface area contributed by atoms with Gasteiger partial charge in [-0.25, -0.2) is 4.79 Å². The molecular weight excluding hydrogens is 332 g/mol. The summed E-state index contributed by atoms with van der Waals surface area (Å²) < 4.78 is 5.24. The standard InChI is InChI=1S/C25H22O2/c1-2-27-25(26)22-16-20(13-12-18-8-4-3-5-9-18)24-21(17-22)15-14-19-10-6-7-11-23(19)24/h3-11,14-17H,2,12-13H2,1H3. The van der Waals surface area contributed by atoms with E-state index in [1.54, 1.807) is 0 Å². The van der Waals surface area contributed by atoms with Gasteiger partial charge in [0.25, 0.3) is 0 Å². The molecule has 0 aliphatic carbocycles. The van der Waals surface area contributed by atoms with Crippen LogP contribution in [0.2, 0.25) is 0 Å². The highest BCUT2D eigenvalue weighted by Gasteiger charge is 2.13. The Labute approximate surface area is 159 Å². The number of hydrogen-bond acceptors (Lipinski definition) is 2. The van der Waals surface area contributed by atoms with E-state index in [0.717, 1.165) is 18.2 Å². The third-order valence-electron chi connectivity index (χ3n) is 4.96. The van der Waals surface area contributed by atoms with E-state index in [1.165, 1.54) is 27.3 Å². The van der Waals surface area contributed by atoms with Crippen molar-refractivity contribution in [1.29, 1.82) is 0 Å². The van der Waals surface area contributed by atoms with Crippen molar-refractivity contribution in [3.8, 4) is 0 Å². The first-order chi connectivity index (χ1) is 13.3. The zero-order valence-corrected chi connectivity index (χ0v) is 15.4. The molecule has 0 fully saturated rings. The normalized spacial score (nSPS) is 11.0. The van der Waals surface area contributed by atoms with Crippen LogP contribution in [0, 0.1) is 0 Å². The fourth-order valence-electron chi connectivity index (χ4n) is 3.69. The van der Waals surface area contributed by atoms with Gasteiger partial charge < -0.3 is 4.74 Å². The van der Waals surface area contributed by atoms with Crippen LogP contribution in [0.4, 0.5) is 0 Å². The summed E-state index contributed by atoms with van der Waals surface area (Å²) in [7, 11) is 0. The Morgan fingerprint density at radius 2 is 1.56 bits per heavy atom. The lowest BCUT2D eigenvalue weighted by Gasteiger charge is -2.13. The van der Waals surface area contributed by atoms with Crippen LogP contribution in [0.15, 0.2) is 78.9 Å². The minimum Gasteiger partial charge on any atom is -0.462 e. The van der Waals surface area contributed by atoms with Crippen LogP contribution < -0.4 is 0 Å². The number of carbonyl (C=O) groups excluding carboxylic acids is 1. The lowest BCUT2D eigenvalue weighted by atomic mass is 9.92. The maximum atomic E-state index is 12.4. The maximum Gasteiger partial charge on any atom is 0.338 e. The second-order valence-electron chi connectivity index (χ2n) is 6.73. The molecule has 0 aliphatic heterocycles. The summed E-state index contributed by atoms with van der Waals surface area (Å²) in [6, 6.07) is 27.1. The number of benzene rings is 4. The molecule has 2 heteroatoms. The molecule has 27 heavy (non-hydrogen) atoms. The molecule has 0 saturated heterocycles. The molecule has 0 unspecified atom stereocenters. The monoisotopic (exact) mass is 354 g/mol. The molecule has 4 rings (SSSR count). The van der Waals surface area contributed by atoms with Gasteiger partial charge in [0.2, 0.25) is 0 Å². The Morgan fingerprint density at radius 1 is 0.815 bits per heavy atom. The van der Waals surface area contributed by atoms with Crippen molar-refractivity contribution in [3.05, 3.63) is 95.6 Å². The molecule has 0 saturated carbocycles. The van der Waals surface area contributed by atoms with E-state index in [2.05, 4.69) is 60.7 Å². The van der Waals surface area contributed by atoms with Crippen LogP contribution in [0.1, 0.15) is 28.4 Å². The summed E-state index contributed by atoms with van der Waals surface area (Å²) in [5.41, 5.74) is 3.12. The molecular formula is C25H22O2. The van der Waals surface area contributed by atoms with Gasteiger partial charge >= 0.3 is 5.97 Å². The highest BCUT2D eigenvalue weighted by Crippen LogP contribution is 2.30. The van der Waals surface area contributed by atoms with Crippen LogP contribution in [0.5, 0.6) is 0 Å². The molecule has 0 spiro atoms. The van der Waals surface area contributed by atoms with Crippen LogP contribution in [0.3, 0.4) is 0 Å². The van der Waals surface area contributed by atoms with Gasteiger partial charge in [0.05, 0.1) is 12.2 Å². The Balaban J connectivity index is 1.85. The van der Waals surface area contributed by atoms with E-state index in [0.29, 0.717) is 12.2 Å². The molecule has 4 aromatic rings. The predicted molar refractivity (Wildman–Crippen MR) is 111 cm³/mol. The molecule has 0 atom stereocenters. The fourth-order valence-corrected chi connectivity index (χ4v) is 3.69. The third-order valence-corrected chi connectivity index (χ3v) is 4.96. The van der Waals surface area contributed by atoms with E-state index >= 15 is 0 Å². The highest BCUT2D eigenvalue weighted by atomic mass is 16.5. The summed E-state index contributed by atoms with van der Waals surface area (Å²) >= 11 is 0. The lowest BCUT2D eigenvalue weighted by molar-refractivity contribution is 0.0526. The first-order valence-corrected chi connectivity index (χ1v) is 9.41. The quantitative estimate of drug-likeness (QED) is 0.327. The van der Waals surface area contributed by atoms with Crippen molar-refractivity contribution in [3.63, 3.8) is 0 Å². The van der Waals surface area contributed by atoms with Crippen molar-refractivity contribution in [2.75, 3.05) is 6.61 Å². The van der Waals surface area contributed by atoms with Crippen molar-refractivity contribution in [2.45, 2.75) is 19.8 Å². The number of esters is 1. The van der Waals surface area contributed by atoms with E-state index in [-0.39, 0.29) is 5.97 Å². The maximum absolute atomic E-state index is 12.4. The highest BCUT2D eigenvalue weighted by molar-refractivity contribution is 6.11. The summed E-state index contributed by atoms with van der Waals surface area (Å²) in [5, 5.41) is 4.77. The van der Waals surface area contributed by atoms with Gasteiger partial charge in [0, 0.05) is 0 Å². The van der Waals surface area contributed by atoms with Gasteiger partial charge in [-0.15, -0.1) is 0 Å². The van der Waals surface area contributed by atoms with Crippen LogP contribution in [0.25, 0.3) is 21.5 Å². The summed E-state index contributed by atoms with van der Waals surface area (Å²) in [4.78, 5) is 12.4. The van der Waals surface area contributed by atoms with Gasteiger partial charge in [-0.1, -0.05) is 66.7 Å². The van der Waals surface area contributed by atoms with Gasteiger partial charge in [0.15, 0.2) is 0 Å². The SMILES string of the molecule is CCOC(=O)c1cc(CCc2ccccc2)c2c(ccc3ccccc32)c1. The Bertz CT molecular complexity index is 1100. The lowest BCUT2D eigenvalue weighted by Crippen LogP contribution is -2.06. The Hall–Kier alpha value is -3.13. The molecule has 0 bridgehead atoms. The first kappa shape index (κ1) is 17.3. The molecule has 4 aromatic carbocycles. The van der Waals surface area contributed by atoms with E-state index in [1.807, 2.05) is 25.1 Å². The largest absolute Gasteiger partial charge is 0.462 e. The number of hydrogen-bond donors (Lipinski definition) is 0. The summed E-state index contributed by atoms with van der Waals surface area (Å²) in [6.45, 7) is 2.22. The number of fused-ring (bicyclic) bond motifs is 3. The fraction of sp³-hybridized carbons (Fsp3) is 0.160. The van der Waals surface area contributed by atoms with Gasteiger partial charge in [0.1, 0.15) is 0 Å². The van der Waals surface area contributed by atoms with Crippen LogP contribution >= 0.6 is 0 Å². The summed E-state index contributed by atoms with van der Waals surface area (Å²) in [5.74, 6) is -0.256. The molecule has 0 heterocycles. The first-order valence-electron chi connectivity index (χ1n) is 9.41. The minimum absolute atomic E-state index is 0.256. The third kappa shape index (κ3) is 3.56. The van der Waals surface area contributed by atoms with E-state index in [4.69, 9.17) is 4.74 Å². The average molecular weight is 354 g/mol. The average Bonchev–Trinajstić information content (AvgIpc) is 2.72.